The van der Waals surface area contributed by atoms with E-state index in [1.54, 1.807) is 20.8 Å². The summed E-state index contributed by atoms with van der Waals surface area (Å²) >= 11 is 1.40. The number of rotatable bonds is 7. The number of alkyl carbamates (subject to hydrolysis) is 1. The molecule has 2 aromatic carbocycles. The maximum absolute atomic E-state index is 13.2. The highest BCUT2D eigenvalue weighted by molar-refractivity contribution is 8.00. The molecule has 10 heteroatoms. The first-order chi connectivity index (χ1) is 17.1. The van der Waals surface area contributed by atoms with E-state index >= 15 is 0 Å². The van der Waals surface area contributed by atoms with E-state index in [9.17, 15) is 18.8 Å². The zero-order valence-electron chi connectivity index (χ0n) is 20.2. The fraction of sp³-hybridized carbons (Fsp3) is 0.346. The van der Waals surface area contributed by atoms with Crippen molar-refractivity contribution in [3.05, 3.63) is 77.2 Å². The Labute approximate surface area is 212 Å². The second-order valence-electron chi connectivity index (χ2n) is 9.29. The monoisotopic (exact) mass is 514 g/mol. The predicted molar refractivity (Wildman–Crippen MR) is 131 cm³/mol. The molecule has 2 atom stereocenters. The number of benzene rings is 2. The van der Waals surface area contributed by atoms with Crippen molar-refractivity contribution < 1.29 is 33.0 Å². The highest BCUT2D eigenvalue weighted by Crippen LogP contribution is 2.41. The number of fused-ring (bicyclic) bond motifs is 1. The van der Waals surface area contributed by atoms with Gasteiger partial charge in [0.25, 0.3) is 5.91 Å². The molecule has 0 spiro atoms. The highest BCUT2D eigenvalue weighted by atomic mass is 32.2. The fourth-order valence-electron chi connectivity index (χ4n) is 3.71. The fourth-order valence-corrected chi connectivity index (χ4v) is 5.04. The molecule has 4 rings (SSSR count). The molecule has 0 aromatic heterocycles. The van der Waals surface area contributed by atoms with Crippen LogP contribution >= 0.6 is 11.8 Å². The van der Waals surface area contributed by atoms with Crippen LogP contribution in [0.1, 0.15) is 26.3 Å². The smallest absolute Gasteiger partial charge is 0.408 e. The quantitative estimate of drug-likeness (QED) is 0.441. The molecule has 2 aromatic rings. The second-order valence-corrected chi connectivity index (χ2v) is 10.4. The zero-order chi connectivity index (χ0) is 25.9. The van der Waals surface area contributed by atoms with Gasteiger partial charge in [-0.15, -0.1) is 11.8 Å². The summed E-state index contributed by atoms with van der Waals surface area (Å²) in [5, 5.41) is 2.12. The number of ether oxygens (including phenoxy) is 3. The Hall–Kier alpha value is -3.53. The van der Waals surface area contributed by atoms with Crippen LogP contribution in [-0.2, 0) is 25.7 Å². The number of thioether (sulfide) groups is 1. The topological polar surface area (TPSA) is 94.2 Å². The molecule has 0 aliphatic carbocycles. The van der Waals surface area contributed by atoms with Gasteiger partial charge in [-0.1, -0.05) is 30.3 Å². The molecule has 0 bridgehead atoms. The number of hydrogen-bond donors (Lipinski definition) is 1. The van der Waals surface area contributed by atoms with E-state index in [2.05, 4.69) is 5.32 Å². The Kier molecular flexibility index (Phi) is 7.53. The molecule has 2 aliphatic heterocycles. The van der Waals surface area contributed by atoms with Crippen molar-refractivity contribution in [2.45, 2.75) is 44.4 Å². The number of nitrogens with zero attached hydrogens (tertiary/aromatic N) is 1. The summed E-state index contributed by atoms with van der Waals surface area (Å²) in [5.41, 5.74) is 0.747. The van der Waals surface area contributed by atoms with Gasteiger partial charge in [0, 0.05) is 11.3 Å². The van der Waals surface area contributed by atoms with Gasteiger partial charge in [-0.3, -0.25) is 9.69 Å². The molecule has 8 nitrogen and oxygen atoms in total. The number of esters is 1. The predicted octanol–water partition coefficient (Wildman–Crippen LogP) is 4.01. The summed E-state index contributed by atoms with van der Waals surface area (Å²) in [6.45, 7) is 5.24. The van der Waals surface area contributed by atoms with E-state index in [-0.39, 0.29) is 18.9 Å². The zero-order valence-corrected chi connectivity index (χ0v) is 21.0. The van der Waals surface area contributed by atoms with E-state index in [1.807, 2.05) is 30.3 Å². The van der Waals surface area contributed by atoms with Crippen LogP contribution in [-0.4, -0.2) is 52.2 Å². The van der Waals surface area contributed by atoms with Crippen LogP contribution in [0.2, 0.25) is 0 Å². The molecule has 0 saturated carbocycles. The SMILES string of the molecule is CC(C)(C)OC(=O)NC1C(=O)N2C(C(=O)OCc3ccccc3)=C(COc3ccc(F)cc3)CS[C@@H]12. The molecule has 36 heavy (non-hydrogen) atoms. The van der Waals surface area contributed by atoms with Gasteiger partial charge in [0.15, 0.2) is 0 Å². The molecule has 0 radical (unpaired) electrons. The van der Waals surface area contributed by atoms with Gasteiger partial charge < -0.3 is 19.5 Å². The summed E-state index contributed by atoms with van der Waals surface area (Å²) in [6.07, 6.45) is -0.705. The van der Waals surface area contributed by atoms with Crippen molar-refractivity contribution in [3.63, 3.8) is 0 Å². The third-order valence-electron chi connectivity index (χ3n) is 5.35. The number of carbonyl (C=O) groups excluding carboxylic acids is 3. The van der Waals surface area contributed by atoms with E-state index in [1.165, 1.54) is 40.9 Å². The average molecular weight is 515 g/mol. The first-order valence-electron chi connectivity index (χ1n) is 11.4. The number of amides is 2. The standard InChI is InChI=1S/C26H27FN2O6S/c1-26(2,3)35-25(32)28-20-22(30)29-21(24(31)34-13-16-7-5-4-6-8-16)17(15-36-23(20)29)14-33-19-11-9-18(27)10-12-19/h4-12,20,23H,13-15H2,1-3H3,(H,28,32)/t20?,23-/m0/s1. The lowest BCUT2D eigenvalue weighted by molar-refractivity contribution is -0.152. The normalized spacial score (nSPS) is 19.2. The van der Waals surface area contributed by atoms with Gasteiger partial charge in [-0.05, 0) is 50.6 Å². The minimum absolute atomic E-state index is 0.00899. The number of halogens is 1. The number of β-lactam (4-membered cyclic amide) rings is 1. The molecule has 1 unspecified atom stereocenters. The van der Waals surface area contributed by atoms with Crippen LogP contribution in [0, 0.1) is 5.82 Å². The molecule has 1 N–H and O–H groups in total. The van der Waals surface area contributed by atoms with Crippen molar-refractivity contribution in [2.75, 3.05) is 12.4 Å². The van der Waals surface area contributed by atoms with Crippen LogP contribution in [0.4, 0.5) is 9.18 Å². The first-order valence-corrected chi connectivity index (χ1v) is 12.4. The molecule has 2 aliphatic rings. The molecule has 1 fully saturated rings. The van der Waals surface area contributed by atoms with Crippen LogP contribution < -0.4 is 10.1 Å². The van der Waals surface area contributed by atoms with Crippen molar-refractivity contribution in [1.29, 1.82) is 0 Å². The Bertz CT molecular complexity index is 1160. The Morgan fingerprint density at radius 2 is 1.78 bits per heavy atom. The summed E-state index contributed by atoms with van der Waals surface area (Å²) < 4.78 is 29.8. The molecule has 2 heterocycles. The number of nitrogens with one attached hydrogen (secondary N) is 1. The van der Waals surface area contributed by atoms with Crippen molar-refractivity contribution >= 4 is 29.7 Å². The molecule has 1 saturated heterocycles. The van der Waals surface area contributed by atoms with Gasteiger partial charge in [0.05, 0.1) is 0 Å². The van der Waals surface area contributed by atoms with E-state index in [4.69, 9.17) is 14.2 Å². The summed E-state index contributed by atoms with van der Waals surface area (Å²) in [6, 6.07) is 13.9. The highest BCUT2D eigenvalue weighted by Gasteiger charge is 2.54. The average Bonchev–Trinajstić information content (AvgIpc) is 2.84. The summed E-state index contributed by atoms with van der Waals surface area (Å²) in [5.74, 6) is -0.697. The molecular formula is C26H27FN2O6S. The third kappa shape index (κ3) is 5.99. The number of hydrogen-bond acceptors (Lipinski definition) is 7. The maximum atomic E-state index is 13.2. The Morgan fingerprint density at radius 3 is 2.44 bits per heavy atom. The molecule has 190 valence electrons. The lowest BCUT2D eigenvalue weighted by Crippen LogP contribution is -2.71. The van der Waals surface area contributed by atoms with Crippen LogP contribution in [0.5, 0.6) is 5.75 Å². The minimum Gasteiger partial charge on any atom is -0.489 e. The van der Waals surface area contributed by atoms with Gasteiger partial charge in [-0.25, -0.2) is 14.0 Å². The molecule has 2 amide bonds. The summed E-state index contributed by atoms with van der Waals surface area (Å²) in [7, 11) is 0. The lowest BCUT2D eigenvalue weighted by atomic mass is 10.0. The Morgan fingerprint density at radius 1 is 1.08 bits per heavy atom. The van der Waals surface area contributed by atoms with E-state index < -0.39 is 40.8 Å². The minimum atomic E-state index is -0.832. The van der Waals surface area contributed by atoms with Crippen LogP contribution in [0.15, 0.2) is 65.9 Å². The van der Waals surface area contributed by atoms with Gasteiger partial charge in [0.2, 0.25) is 0 Å². The summed E-state index contributed by atoms with van der Waals surface area (Å²) in [4.78, 5) is 39.8. The van der Waals surface area contributed by atoms with Gasteiger partial charge >= 0.3 is 12.1 Å². The van der Waals surface area contributed by atoms with Crippen molar-refractivity contribution in [2.24, 2.45) is 0 Å². The van der Waals surface area contributed by atoms with Gasteiger partial charge in [0.1, 0.15) is 47.5 Å². The molecular weight excluding hydrogens is 487 g/mol. The van der Waals surface area contributed by atoms with Crippen LogP contribution in [0.25, 0.3) is 0 Å². The van der Waals surface area contributed by atoms with E-state index in [0.29, 0.717) is 17.1 Å². The van der Waals surface area contributed by atoms with Crippen molar-refractivity contribution in [3.8, 4) is 5.75 Å². The number of carbonyl (C=O) groups is 3. The second kappa shape index (κ2) is 10.6. The first kappa shape index (κ1) is 25.6. The lowest BCUT2D eigenvalue weighted by Gasteiger charge is -2.49. The third-order valence-corrected chi connectivity index (χ3v) is 6.69. The Balaban J connectivity index is 1.52. The van der Waals surface area contributed by atoms with Crippen molar-refractivity contribution in [1.82, 2.24) is 10.2 Å². The van der Waals surface area contributed by atoms with Gasteiger partial charge in [-0.2, -0.15) is 0 Å². The largest absolute Gasteiger partial charge is 0.489 e. The van der Waals surface area contributed by atoms with E-state index in [0.717, 1.165) is 5.56 Å². The maximum Gasteiger partial charge on any atom is 0.408 e. The van der Waals surface area contributed by atoms with Crippen LogP contribution in [0.3, 0.4) is 0 Å².